The van der Waals surface area contributed by atoms with Crippen molar-refractivity contribution < 1.29 is 4.57 Å². The van der Waals surface area contributed by atoms with E-state index in [0.29, 0.717) is 6.16 Å². The molecule has 1 aliphatic heterocycles. The Hall–Kier alpha value is -2.37. The number of benzene rings is 3. The van der Waals surface area contributed by atoms with Crippen molar-refractivity contribution in [2.45, 2.75) is 0 Å². The highest BCUT2D eigenvalue weighted by molar-refractivity contribution is 7.84. The van der Waals surface area contributed by atoms with Crippen molar-refractivity contribution >= 4 is 23.3 Å². The molecule has 2 heteroatoms. The van der Waals surface area contributed by atoms with Gasteiger partial charge >= 0.3 is 0 Å². The van der Waals surface area contributed by atoms with Gasteiger partial charge in [0.15, 0.2) is 0 Å². The van der Waals surface area contributed by atoms with Crippen molar-refractivity contribution in [2.75, 3.05) is 6.16 Å². The summed E-state index contributed by atoms with van der Waals surface area (Å²) < 4.78 is 13.7. The second-order valence-electron chi connectivity index (χ2n) is 5.79. The van der Waals surface area contributed by atoms with Crippen LogP contribution in [0.25, 0.3) is 10.9 Å². The summed E-state index contributed by atoms with van der Waals surface area (Å²) in [5.74, 6) is 0. The fourth-order valence-electron chi connectivity index (χ4n) is 3.24. The Morgan fingerprint density at radius 2 is 1.09 bits per heavy atom. The van der Waals surface area contributed by atoms with Crippen LogP contribution in [-0.4, -0.2) is 6.16 Å². The summed E-state index contributed by atoms with van der Waals surface area (Å²) in [7, 11) is -2.52. The van der Waals surface area contributed by atoms with Crippen molar-refractivity contribution in [3.63, 3.8) is 0 Å². The summed E-state index contributed by atoms with van der Waals surface area (Å²) in [5, 5.41) is 1.98. The molecule has 0 bridgehead atoms. The van der Waals surface area contributed by atoms with E-state index in [1.807, 2.05) is 66.7 Å². The summed E-state index contributed by atoms with van der Waals surface area (Å²) in [4.78, 5) is 0. The maximum Gasteiger partial charge on any atom is 0.148 e. The van der Waals surface area contributed by atoms with E-state index in [4.69, 9.17) is 0 Å². The summed E-state index contributed by atoms with van der Waals surface area (Å²) >= 11 is 0. The van der Waals surface area contributed by atoms with Crippen LogP contribution < -0.4 is 5.30 Å². The molecule has 1 aliphatic rings. The summed E-state index contributed by atoms with van der Waals surface area (Å²) in [6.07, 6.45) is 0.644. The lowest BCUT2D eigenvalue weighted by Gasteiger charge is -2.35. The van der Waals surface area contributed by atoms with Gasteiger partial charge < -0.3 is 4.57 Å². The van der Waals surface area contributed by atoms with Crippen molar-refractivity contribution in [3.8, 4) is 0 Å². The monoisotopic (exact) mass is 316 g/mol. The molecule has 0 aromatic heterocycles. The zero-order chi connectivity index (χ0) is 15.7. The van der Waals surface area contributed by atoms with E-state index in [1.54, 1.807) is 0 Å². The van der Waals surface area contributed by atoms with E-state index >= 15 is 0 Å². The maximum absolute atomic E-state index is 13.7. The third-order valence-electron chi connectivity index (χ3n) is 4.37. The third-order valence-corrected chi connectivity index (χ3v) is 7.51. The molecule has 0 radical (unpaired) electrons. The van der Waals surface area contributed by atoms with Crippen molar-refractivity contribution in [1.29, 1.82) is 0 Å². The minimum atomic E-state index is -2.52. The predicted molar refractivity (Wildman–Crippen MR) is 98.2 cm³/mol. The number of hydrogen-bond donors (Lipinski definition) is 0. The minimum Gasteiger partial charge on any atom is -0.313 e. The molecule has 1 atom stereocenters. The highest BCUT2D eigenvalue weighted by Crippen LogP contribution is 2.69. The zero-order valence-electron chi connectivity index (χ0n) is 12.7. The van der Waals surface area contributed by atoms with Crippen LogP contribution in [0.15, 0.2) is 91.0 Å². The van der Waals surface area contributed by atoms with Gasteiger partial charge in [-0.2, -0.15) is 0 Å². The third kappa shape index (κ3) is 2.38. The van der Waals surface area contributed by atoms with E-state index in [9.17, 15) is 4.57 Å². The van der Waals surface area contributed by atoms with Crippen LogP contribution >= 0.6 is 7.14 Å². The van der Waals surface area contributed by atoms with Crippen molar-refractivity contribution in [1.82, 2.24) is 0 Å². The van der Waals surface area contributed by atoms with Gasteiger partial charge in [-0.3, -0.25) is 0 Å². The van der Waals surface area contributed by atoms with Crippen LogP contribution in [0.5, 0.6) is 0 Å². The predicted octanol–water partition coefficient (Wildman–Crippen LogP) is 5.26. The molecule has 0 spiro atoms. The summed E-state index contributed by atoms with van der Waals surface area (Å²) in [5.41, 5.74) is 3.46. The fourth-order valence-corrected chi connectivity index (χ4v) is 6.22. The first-order chi connectivity index (χ1) is 11.3. The minimum absolute atomic E-state index is 0.644. The van der Waals surface area contributed by atoms with Gasteiger partial charge in [-0.05, 0) is 16.7 Å². The second-order valence-corrected chi connectivity index (χ2v) is 8.55. The molecule has 23 heavy (non-hydrogen) atoms. The normalized spacial score (nSPS) is 20.2. The largest absolute Gasteiger partial charge is 0.313 e. The van der Waals surface area contributed by atoms with Gasteiger partial charge in [-0.1, -0.05) is 91.0 Å². The Morgan fingerprint density at radius 1 is 0.609 bits per heavy atom. The molecule has 0 amide bonds. The smallest absolute Gasteiger partial charge is 0.148 e. The van der Waals surface area contributed by atoms with Gasteiger partial charge in [0.25, 0.3) is 0 Å². The molecular weight excluding hydrogens is 299 g/mol. The first kappa shape index (κ1) is 14.2. The van der Waals surface area contributed by atoms with E-state index < -0.39 is 7.14 Å². The molecule has 1 nitrogen and oxygen atoms in total. The average molecular weight is 316 g/mol. The lowest BCUT2D eigenvalue weighted by atomic mass is 10.0. The number of hydrogen-bond acceptors (Lipinski definition) is 1. The van der Waals surface area contributed by atoms with E-state index in [1.165, 1.54) is 11.1 Å². The molecule has 0 saturated carbocycles. The van der Waals surface area contributed by atoms with Crippen LogP contribution in [0, 0.1) is 0 Å². The molecule has 112 valence electrons. The molecule has 0 fully saturated rings. The molecule has 1 heterocycles. The maximum atomic E-state index is 13.7. The molecule has 3 aromatic rings. The SMILES string of the molecule is O=P1(c2ccccc2)CC(c2ccccc2)=C1c1ccccc1. The Kier molecular flexibility index (Phi) is 3.52. The van der Waals surface area contributed by atoms with Crippen LogP contribution in [0.2, 0.25) is 0 Å². The molecule has 4 rings (SSSR count). The molecule has 3 aromatic carbocycles. The molecular formula is C21H17OP. The Labute approximate surface area is 136 Å². The van der Waals surface area contributed by atoms with E-state index in [-0.39, 0.29) is 0 Å². The Morgan fingerprint density at radius 3 is 1.65 bits per heavy atom. The van der Waals surface area contributed by atoms with Gasteiger partial charge in [-0.25, -0.2) is 0 Å². The van der Waals surface area contributed by atoms with Gasteiger partial charge in [0.05, 0.1) is 0 Å². The first-order valence-electron chi connectivity index (χ1n) is 7.78. The molecule has 1 unspecified atom stereocenters. The first-order valence-corrected chi connectivity index (χ1v) is 9.67. The Bertz CT molecular complexity index is 896. The topological polar surface area (TPSA) is 17.1 Å². The van der Waals surface area contributed by atoms with Crippen LogP contribution in [-0.2, 0) is 4.57 Å². The van der Waals surface area contributed by atoms with Crippen LogP contribution in [0.4, 0.5) is 0 Å². The molecule has 0 saturated heterocycles. The van der Waals surface area contributed by atoms with E-state index in [2.05, 4.69) is 24.3 Å². The zero-order valence-corrected chi connectivity index (χ0v) is 13.6. The number of rotatable bonds is 3. The Balaban J connectivity index is 1.92. The van der Waals surface area contributed by atoms with Gasteiger partial charge in [-0.15, -0.1) is 0 Å². The van der Waals surface area contributed by atoms with Gasteiger partial charge in [0, 0.05) is 16.8 Å². The van der Waals surface area contributed by atoms with Crippen LogP contribution in [0.1, 0.15) is 11.1 Å². The molecule has 0 N–H and O–H groups in total. The van der Waals surface area contributed by atoms with Crippen molar-refractivity contribution in [3.05, 3.63) is 102 Å². The lowest BCUT2D eigenvalue weighted by molar-refractivity contribution is 0.588. The quantitative estimate of drug-likeness (QED) is 0.603. The summed E-state index contributed by atoms with van der Waals surface area (Å²) in [6.45, 7) is 0. The van der Waals surface area contributed by atoms with E-state index in [0.717, 1.165) is 16.2 Å². The highest BCUT2D eigenvalue weighted by atomic mass is 31.2. The standard InChI is InChI=1S/C21H17OP/c22-23(19-14-8-3-9-15-19)16-20(17-10-4-1-5-11-17)21(23)18-12-6-2-7-13-18/h1-15H,16H2. The van der Waals surface area contributed by atoms with Crippen LogP contribution in [0.3, 0.4) is 0 Å². The van der Waals surface area contributed by atoms with Crippen molar-refractivity contribution in [2.24, 2.45) is 0 Å². The highest BCUT2D eigenvalue weighted by Gasteiger charge is 2.42. The average Bonchev–Trinajstić information content (AvgIpc) is 2.62. The van der Waals surface area contributed by atoms with Gasteiger partial charge in [0.2, 0.25) is 0 Å². The number of allylic oxidation sites excluding steroid dienone is 1. The fraction of sp³-hybridized carbons (Fsp3) is 0.0476. The second kappa shape index (κ2) is 5.68. The summed E-state index contributed by atoms with van der Waals surface area (Å²) in [6, 6.07) is 30.3. The lowest BCUT2D eigenvalue weighted by Crippen LogP contribution is -2.19. The van der Waals surface area contributed by atoms with Gasteiger partial charge in [0.1, 0.15) is 7.14 Å². The molecule has 0 aliphatic carbocycles.